The maximum Gasteiger partial charge on any atom is 0.267 e. The second-order valence-electron chi connectivity index (χ2n) is 11.9. The summed E-state index contributed by atoms with van der Waals surface area (Å²) in [6.45, 7) is 8.12. The van der Waals surface area contributed by atoms with E-state index < -0.39 is 11.6 Å². The van der Waals surface area contributed by atoms with Gasteiger partial charge >= 0.3 is 0 Å². The van der Waals surface area contributed by atoms with Crippen molar-refractivity contribution in [3.8, 4) is 39.5 Å². The molecule has 0 aliphatic carbocycles. The zero-order valence-corrected chi connectivity index (χ0v) is 27.5. The van der Waals surface area contributed by atoms with Crippen molar-refractivity contribution in [2.45, 2.75) is 25.6 Å². The average Bonchev–Trinajstić information content (AvgIpc) is 3.71. The molecule has 0 radical (unpaired) electrons. The van der Waals surface area contributed by atoms with Crippen LogP contribution in [0.4, 0.5) is 8.78 Å². The monoisotopic (exact) mass is 673 g/mol. The highest BCUT2D eigenvalue weighted by Crippen LogP contribution is 2.47. The number of likely N-dealkylation sites (tertiary alicyclic amines) is 1. The van der Waals surface area contributed by atoms with E-state index in [2.05, 4.69) is 16.6 Å². The molecule has 14 heteroatoms. The number of methoxy groups -OCH3 is 1. The lowest BCUT2D eigenvalue weighted by molar-refractivity contribution is -0.129. The Morgan fingerprint density at radius 1 is 1.12 bits per heavy atom. The number of carbonyl (C=O) groups excluding carboxylic acids is 1. The SMILES string of the molecule is C=CC(=O)N1CCn2nc(-c3nc(-c4cnn(C5CN(C)C5)c(=O)c4)c4ccsc4c3-c3c(F)cc(F)cc3OCCOC)cc2[C@H]1C. The van der Waals surface area contributed by atoms with Crippen molar-refractivity contribution in [1.82, 2.24) is 34.3 Å². The molecule has 48 heavy (non-hydrogen) atoms. The number of nitrogens with zero attached hydrogens (tertiary/aromatic N) is 7. The van der Waals surface area contributed by atoms with Gasteiger partial charge in [-0.1, -0.05) is 6.58 Å². The van der Waals surface area contributed by atoms with Gasteiger partial charge in [-0.2, -0.15) is 10.2 Å². The van der Waals surface area contributed by atoms with Crippen LogP contribution in [0.5, 0.6) is 5.75 Å². The number of halogens is 2. The first kappa shape index (κ1) is 31.8. The van der Waals surface area contributed by atoms with Crippen LogP contribution in [0, 0.1) is 11.6 Å². The number of benzene rings is 1. The molecule has 1 atom stereocenters. The Morgan fingerprint density at radius 3 is 2.67 bits per heavy atom. The fourth-order valence-corrected chi connectivity index (χ4v) is 7.43. The third-order valence-electron chi connectivity index (χ3n) is 8.87. The molecule has 0 spiro atoms. The van der Waals surface area contributed by atoms with Crippen LogP contribution in [0.25, 0.3) is 43.9 Å². The van der Waals surface area contributed by atoms with Crippen molar-refractivity contribution in [3.63, 3.8) is 0 Å². The molecule has 7 rings (SSSR count). The van der Waals surface area contributed by atoms with Crippen LogP contribution < -0.4 is 10.3 Å². The molecule has 2 aliphatic heterocycles. The van der Waals surface area contributed by atoms with Crippen molar-refractivity contribution < 1.29 is 23.0 Å². The number of rotatable bonds is 9. The highest BCUT2D eigenvalue weighted by atomic mass is 32.1. The van der Waals surface area contributed by atoms with Crippen molar-refractivity contribution in [2.24, 2.45) is 0 Å². The standard InChI is InChI=1S/C34H33F2N7O4S/c1-5-28(44)41-7-8-42-26(19(41)2)15-25(39-42)33-31(30-24(36)13-21(35)14-27(30)47-10-9-46-4)34-23(6-11-48-34)32(38-33)20-12-29(45)43(37-16-20)22-17-40(3)18-22/h5-6,11-16,19,22H,1,7-10,17-18H2,2-4H3/t19-/m1/s1. The van der Waals surface area contributed by atoms with Gasteiger partial charge in [-0.05, 0) is 37.6 Å². The van der Waals surface area contributed by atoms with Crippen molar-refractivity contribution in [1.29, 1.82) is 0 Å². The summed E-state index contributed by atoms with van der Waals surface area (Å²) in [4.78, 5) is 34.8. The summed E-state index contributed by atoms with van der Waals surface area (Å²) >= 11 is 1.36. The number of amides is 1. The highest BCUT2D eigenvalue weighted by Gasteiger charge is 2.32. The molecular formula is C34H33F2N7O4S. The predicted octanol–water partition coefficient (Wildman–Crippen LogP) is 4.93. The Kier molecular flexibility index (Phi) is 8.39. The van der Waals surface area contributed by atoms with Gasteiger partial charge in [0.1, 0.15) is 35.4 Å². The highest BCUT2D eigenvalue weighted by molar-refractivity contribution is 7.18. The Bertz CT molecular complexity index is 2120. The van der Waals surface area contributed by atoms with E-state index in [0.29, 0.717) is 51.4 Å². The Hall–Kier alpha value is -4.79. The molecule has 5 aromatic rings. The number of carbonyl (C=O) groups is 1. The third-order valence-corrected chi connectivity index (χ3v) is 9.80. The predicted molar refractivity (Wildman–Crippen MR) is 178 cm³/mol. The summed E-state index contributed by atoms with van der Waals surface area (Å²) < 4.78 is 45.6. The van der Waals surface area contributed by atoms with Crippen LogP contribution in [-0.4, -0.2) is 87.3 Å². The number of hydrogen-bond acceptors (Lipinski definition) is 9. The van der Waals surface area contributed by atoms with E-state index in [-0.39, 0.29) is 48.1 Å². The van der Waals surface area contributed by atoms with Gasteiger partial charge in [0.25, 0.3) is 5.56 Å². The molecule has 1 saturated heterocycles. The minimum atomic E-state index is -0.831. The quantitative estimate of drug-likeness (QED) is 0.160. The van der Waals surface area contributed by atoms with Crippen LogP contribution in [0.1, 0.15) is 24.7 Å². The molecule has 0 bridgehead atoms. The van der Waals surface area contributed by atoms with Crippen molar-refractivity contribution in [2.75, 3.05) is 47.0 Å². The molecule has 1 fully saturated rings. The molecule has 11 nitrogen and oxygen atoms in total. The minimum absolute atomic E-state index is 0.00650. The fourth-order valence-electron chi connectivity index (χ4n) is 6.48. The maximum absolute atomic E-state index is 16.1. The molecular weight excluding hydrogens is 640 g/mol. The Morgan fingerprint density at radius 2 is 1.94 bits per heavy atom. The zero-order valence-electron chi connectivity index (χ0n) is 26.7. The number of fused-ring (bicyclic) bond motifs is 2. The summed E-state index contributed by atoms with van der Waals surface area (Å²) in [5, 5.41) is 11.9. The molecule has 248 valence electrons. The normalized spacial score (nSPS) is 16.6. The Balaban J connectivity index is 1.46. The fraction of sp³-hybridized carbons (Fsp3) is 0.324. The number of pyridine rings is 1. The lowest BCUT2D eigenvalue weighted by Crippen LogP contribution is -2.48. The van der Waals surface area contributed by atoms with Crippen LogP contribution >= 0.6 is 11.3 Å². The minimum Gasteiger partial charge on any atom is -0.490 e. The van der Waals surface area contributed by atoms with Gasteiger partial charge in [0.2, 0.25) is 5.91 Å². The molecule has 1 amide bonds. The lowest BCUT2D eigenvalue weighted by Gasteiger charge is -2.36. The summed E-state index contributed by atoms with van der Waals surface area (Å²) in [7, 11) is 3.49. The lowest BCUT2D eigenvalue weighted by atomic mass is 9.96. The van der Waals surface area contributed by atoms with E-state index in [0.717, 1.165) is 30.9 Å². The second kappa shape index (κ2) is 12.7. The van der Waals surface area contributed by atoms with Gasteiger partial charge in [-0.25, -0.2) is 18.4 Å². The molecule has 2 aliphatic rings. The van der Waals surface area contributed by atoms with Crippen LogP contribution in [-0.2, 0) is 16.1 Å². The zero-order chi connectivity index (χ0) is 33.7. The number of hydrogen-bond donors (Lipinski definition) is 0. The van der Waals surface area contributed by atoms with E-state index in [1.54, 1.807) is 11.1 Å². The second-order valence-corrected chi connectivity index (χ2v) is 12.9. The van der Waals surface area contributed by atoms with Crippen molar-refractivity contribution >= 4 is 27.3 Å². The molecule has 4 aromatic heterocycles. The smallest absolute Gasteiger partial charge is 0.267 e. The molecule has 0 unspecified atom stereocenters. The third kappa shape index (κ3) is 5.49. The topological polar surface area (TPSA) is 108 Å². The number of aromatic nitrogens is 5. The first-order valence-corrected chi connectivity index (χ1v) is 16.4. The molecule has 1 aromatic carbocycles. The molecule has 0 N–H and O–H groups in total. The van der Waals surface area contributed by atoms with E-state index in [1.165, 1.54) is 35.3 Å². The van der Waals surface area contributed by atoms with Gasteiger partial charge < -0.3 is 19.3 Å². The average molecular weight is 674 g/mol. The van der Waals surface area contributed by atoms with Gasteiger partial charge in [0.05, 0.1) is 48.4 Å². The number of thiophene rings is 1. The van der Waals surface area contributed by atoms with Crippen LogP contribution in [0.2, 0.25) is 0 Å². The first-order chi connectivity index (χ1) is 23.2. The first-order valence-electron chi connectivity index (χ1n) is 15.5. The van der Waals surface area contributed by atoms with Gasteiger partial charge in [-0.3, -0.25) is 14.3 Å². The summed E-state index contributed by atoms with van der Waals surface area (Å²) in [5.41, 5.74) is 2.60. The van der Waals surface area contributed by atoms with E-state index in [9.17, 15) is 14.0 Å². The molecule has 6 heterocycles. The van der Waals surface area contributed by atoms with Crippen LogP contribution in [0.3, 0.4) is 0 Å². The number of likely N-dealkylation sites (N-methyl/N-ethyl adjacent to an activating group) is 1. The maximum atomic E-state index is 16.1. The number of ether oxygens (including phenoxy) is 2. The van der Waals surface area contributed by atoms with E-state index in [1.807, 2.05) is 36.2 Å². The van der Waals surface area contributed by atoms with Gasteiger partial charge in [0, 0.05) is 66.2 Å². The summed E-state index contributed by atoms with van der Waals surface area (Å²) in [6.07, 6.45) is 2.91. The Labute approximate surface area is 278 Å². The largest absolute Gasteiger partial charge is 0.490 e. The summed E-state index contributed by atoms with van der Waals surface area (Å²) in [5.74, 6) is -1.83. The van der Waals surface area contributed by atoms with E-state index in [4.69, 9.17) is 19.6 Å². The van der Waals surface area contributed by atoms with E-state index >= 15 is 4.39 Å². The summed E-state index contributed by atoms with van der Waals surface area (Å²) in [6, 6.07) is 6.84. The van der Waals surface area contributed by atoms with Crippen molar-refractivity contribution in [3.05, 3.63) is 82.2 Å². The molecule has 0 saturated carbocycles. The van der Waals surface area contributed by atoms with Gasteiger partial charge in [-0.15, -0.1) is 11.3 Å². The van der Waals surface area contributed by atoms with Crippen LogP contribution in [0.15, 0.2) is 59.4 Å². The van der Waals surface area contributed by atoms with Gasteiger partial charge in [0.15, 0.2) is 0 Å².